The van der Waals surface area contributed by atoms with E-state index in [0.717, 1.165) is 29.7 Å². The monoisotopic (exact) mass is 345 g/mol. The van der Waals surface area contributed by atoms with Crippen LogP contribution in [0.1, 0.15) is 16.8 Å². The van der Waals surface area contributed by atoms with Crippen LogP contribution in [0, 0.1) is 0 Å². The minimum Gasteiger partial charge on any atom is -0.368 e. The molecule has 2 heterocycles. The van der Waals surface area contributed by atoms with Crippen molar-refractivity contribution in [2.45, 2.75) is 12.5 Å². The van der Waals surface area contributed by atoms with Crippen LogP contribution < -0.4 is 10.2 Å². The fourth-order valence-corrected chi connectivity index (χ4v) is 2.79. The lowest BCUT2D eigenvalue weighted by atomic mass is 10.2. The molecule has 0 aliphatic carbocycles. The van der Waals surface area contributed by atoms with Crippen molar-refractivity contribution < 1.29 is 4.79 Å². The van der Waals surface area contributed by atoms with Gasteiger partial charge < -0.3 is 10.2 Å². The van der Waals surface area contributed by atoms with Gasteiger partial charge >= 0.3 is 0 Å². The zero-order valence-corrected chi connectivity index (χ0v) is 13.1. The third kappa shape index (κ3) is 3.42. The number of anilines is 1. The van der Waals surface area contributed by atoms with Gasteiger partial charge in [0.15, 0.2) is 0 Å². The lowest BCUT2D eigenvalue weighted by Gasteiger charge is -2.18. The van der Waals surface area contributed by atoms with E-state index in [0.29, 0.717) is 5.56 Å². The Bertz CT molecular complexity index is 615. The Morgan fingerprint density at radius 3 is 2.81 bits per heavy atom. The number of aromatic nitrogens is 1. The van der Waals surface area contributed by atoms with E-state index in [1.807, 2.05) is 42.6 Å². The van der Waals surface area contributed by atoms with Gasteiger partial charge in [-0.05, 0) is 42.8 Å². The lowest BCUT2D eigenvalue weighted by Crippen LogP contribution is -2.37. The number of carbonyl (C=O) groups is 1. The van der Waals surface area contributed by atoms with Crippen LogP contribution >= 0.6 is 15.9 Å². The van der Waals surface area contributed by atoms with E-state index in [2.05, 4.69) is 31.1 Å². The Morgan fingerprint density at radius 2 is 2.10 bits per heavy atom. The third-order valence-corrected chi connectivity index (χ3v) is 4.17. The second-order valence-corrected chi connectivity index (χ2v) is 6.04. The number of hydrogen-bond donors (Lipinski definition) is 1. The zero-order chi connectivity index (χ0) is 14.7. The molecule has 21 heavy (non-hydrogen) atoms. The summed E-state index contributed by atoms with van der Waals surface area (Å²) in [7, 11) is 0. The Hall–Kier alpha value is -1.88. The average Bonchev–Trinajstić information content (AvgIpc) is 2.97. The first-order valence-electron chi connectivity index (χ1n) is 6.94. The maximum Gasteiger partial charge on any atom is 0.251 e. The van der Waals surface area contributed by atoms with Gasteiger partial charge in [-0.1, -0.05) is 15.9 Å². The number of hydrogen-bond acceptors (Lipinski definition) is 3. The predicted molar refractivity (Wildman–Crippen MR) is 86.5 cm³/mol. The summed E-state index contributed by atoms with van der Waals surface area (Å²) in [5, 5.41) is 3.10. The molecule has 1 aliphatic heterocycles. The normalized spacial score (nSPS) is 17.8. The van der Waals surface area contributed by atoms with Gasteiger partial charge in [-0.15, -0.1) is 0 Å². The van der Waals surface area contributed by atoms with E-state index < -0.39 is 0 Å². The van der Waals surface area contributed by atoms with Crippen molar-refractivity contribution in [1.29, 1.82) is 0 Å². The summed E-state index contributed by atoms with van der Waals surface area (Å²) >= 11 is 3.37. The molecule has 1 atom stereocenters. The standard InChI is InChI=1S/C16H16BrN3O/c17-13-5-3-12(4-6-13)16(21)19-14-7-9-20(11-14)15-2-1-8-18-10-15/h1-6,8,10,14H,7,9,11H2,(H,19,21)/t14-/m1/s1. The van der Waals surface area contributed by atoms with Crippen molar-refractivity contribution in [3.63, 3.8) is 0 Å². The van der Waals surface area contributed by atoms with Gasteiger partial charge in [0.25, 0.3) is 5.91 Å². The topological polar surface area (TPSA) is 45.2 Å². The number of amides is 1. The highest BCUT2D eigenvalue weighted by Gasteiger charge is 2.24. The first-order chi connectivity index (χ1) is 10.2. The number of benzene rings is 1. The zero-order valence-electron chi connectivity index (χ0n) is 11.5. The molecule has 1 amide bonds. The van der Waals surface area contributed by atoms with Gasteiger partial charge in [0.05, 0.1) is 11.9 Å². The van der Waals surface area contributed by atoms with Crippen LogP contribution in [-0.4, -0.2) is 30.0 Å². The van der Waals surface area contributed by atoms with E-state index >= 15 is 0 Å². The van der Waals surface area contributed by atoms with Gasteiger partial charge in [0.1, 0.15) is 0 Å². The number of halogens is 1. The van der Waals surface area contributed by atoms with Crippen LogP contribution in [0.2, 0.25) is 0 Å². The lowest BCUT2D eigenvalue weighted by molar-refractivity contribution is 0.0940. The molecule has 1 fully saturated rings. The van der Waals surface area contributed by atoms with Gasteiger partial charge in [-0.25, -0.2) is 0 Å². The minimum absolute atomic E-state index is 0.0134. The number of nitrogens with one attached hydrogen (secondary N) is 1. The number of nitrogens with zero attached hydrogens (tertiary/aromatic N) is 2. The quantitative estimate of drug-likeness (QED) is 0.930. The highest BCUT2D eigenvalue weighted by atomic mass is 79.9. The molecular weight excluding hydrogens is 330 g/mol. The van der Waals surface area contributed by atoms with Crippen molar-refractivity contribution in [1.82, 2.24) is 10.3 Å². The summed E-state index contributed by atoms with van der Waals surface area (Å²) in [5.41, 5.74) is 1.80. The second-order valence-electron chi connectivity index (χ2n) is 5.12. The van der Waals surface area contributed by atoms with Crippen LogP contribution in [0.4, 0.5) is 5.69 Å². The maximum atomic E-state index is 12.2. The fourth-order valence-electron chi connectivity index (χ4n) is 2.52. The maximum absolute atomic E-state index is 12.2. The van der Waals surface area contributed by atoms with Crippen LogP contribution in [0.15, 0.2) is 53.3 Å². The SMILES string of the molecule is O=C(N[C@@H]1CCN(c2cccnc2)C1)c1ccc(Br)cc1. The van der Waals surface area contributed by atoms with E-state index in [4.69, 9.17) is 0 Å². The average molecular weight is 346 g/mol. The molecule has 4 nitrogen and oxygen atoms in total. The largest absolute Gasteiger partial charge is 0.368 e. The predicted octanol–water partition coefficient (Wildman–Crippen LogP) is 2.85. The van der Waals surface area contributed by atoms with Crippen LogP contribution in [0.5, 0.6) is 0 Å². The van der Waals surface area contributed by atoms with E-state index in [9.17, 15) is 4.79 Å². The summed E-state index contributed by atoms with van der Waals surface area (Å²) < 4.78 is 0.975. The first-order valence-corrected chi connectivity index (χ1v) is 7.73. The number of pyridine rings is 1. The van der Waals surface area contributed by atoms with Gasteiger partial charge in [-0.3, -0.25) is 9.78 Å². The van der Waals surface area contributed by atoms with E-state index in [1.54, 1.807) is 6.20 Å². The molecule has 0 bridgehead atoms. The molecular formula is C16H16BrN3O. The molecule has 1 aromatic carbocycles. The summed E-state index contributed by atoms with van der Waals surface area (Å²) in [5.74, 6) is -0.0134. The summed E-state index contributed by atoms with van der Waals surface area (Å²) in [4.78, 5) is 18.6. The highest BCUT2D eigenvalue weighted by molar-refractivity contribution is 9.10. The fraction of sp³-hybridized carbons (Fsp3) is 0.250. The second kappa shape index (κ2) is 6.26. The van der Waals surface area contributed by atoms with Crippen molar-refractivity contribution in [2.24, 2.45) is 0 Å². The number of rotatable bonds is 3. The van der Waals surface area contributed by atoms with Crippen LogP contribution in [-0.2, 0) is 0 Å². The molecule has 1 saturated heterocycles. The van der Waals surface area contributed by atoms with Crippen molar-refractivity contribution >= 4 is 27.5 Å². The van der Waals surface area contributed by atoms with Crippen LogP contribution in [0.25, 0.3) is 0 Å². The molecule has 1 aromatic heterocycles. The molecule has 1 N–H and O–H groups in total. The van der Waals surface area contributed by atoms with Crippen molar-refractivity contribution in [3.8, 4) is 0 Å². The molecule has 3 rings (SSSR count). The van der Waals surface area contributed by atoms with Crippen molar-refractivity contribution in [3.05, 3.63) is 58.8 Å². The smallest absolute Gasteiger partial charge is 0.251 e. The first kappa shape index (κ1) is 14.1. The molecule has 108 valence electrons. The summed E-state index contributed by atoms with van der Waals surface area (Å²) in [6.07, 6.45) is 4.59. The molecule has 0 unspecified atom stereocenters. The molecule has 0 radical (unpaired) electrons. The third-order valence-electron chi connectivity index (χ3n) is 3.64. The Kier molecular flexibility index (Phi) is 4.20. The van der Waals surface area contributed by atoms with E-state index in [-0.39, 0.29) is 11.9 Å². The molecule has 0 spiro atoms. The highest BCUT2D eigenvalue weighted by Crippen LogP contribution is 2.19. The molecule has 1 aliphatic rings. The van der Waals surface area contributed by atoms with Crippen molar-refractivity contribution in [2.75, 3.05) is 18.0 Å². The van der Waals surface area contributed by atoms with Crippen LogP contribution in [0.3, 0.4) is 0 Å². The van der Waals surface area contributed by atoms with Gasteiger partial charge in [0.2, 0.25) is 0 Å². The minimum atomic E-state index is -0.0134. The Balaban J connectivity index is 1.60. The Morgan fingerprint density at radius 1 is 1.29 bits per heavy atom. The van der Waals surface area contributed by atoms with E-state index in [1.165, 1.54) is 0 Å². The van der Waals surface area contributed by atoms with Gasteiger partial charge in [-0.2, -0.15) is 0 Å². The summed E-state index contributed by atoms with van der Waals surface area (Å²) in [6, 6.07) is 11.6. The van der Waals surface area contributed by atoms with Gasteiger partial charge in [0, 0.05) is 35.4 Å². The molecule has 2 aromatic rings. The Labute approximate surface area is 132 Å². The molecule has 0 saturated carbocycles. The number of carbonyl (C=O) groups excluding carboxylic acids is 1. The summed E-state index contributed by atoms with van der Waals surface area (Å²) in [6.45, 7) is 1.77. The molecule has 5 heteroatoms.